The number of hydrogen-bond donors (Lipinski definition) is 0. The molecule has 0 spiro atoms. The molecule has 14 nitrogen and oxygen atoms in total. The number of esters is 1. The standard InChI is InChI=1S/C38H83O14Si8/c1-19-38(16,17)37(39)41-21-20-22-53-42-55(24-31(4)5)46-57(26-33(8)9)44-54(40-18,23-30(2)3)45-58(27-34(10)11)47-56(43-53,25-32(6)7)49-59(48-55,28-35(12)13)52-60(50-57,51-58)29-36(14)15/h30-36H,19-29H2,1-18H3. The van der Waals surface area contributed by atoms with Gasteiger partial charge in [0.1, 0.15) is 0 Å². The summed E-state index contributed by atoms with van der Waals surface area (Å²) in [6, 6.07) is 3.62. The monoisotopic (exact) mass is 987 g/mol. The average molecular weight is 989 g/mol. The topological polar surface area (TPSA) is 137 Å². The van der Waals surface area contributed by atoms with E-state index in [0.717, 1.165) is 0 Å². The Bertz CT molecular complexity index is 1350. The Hall–Kier alpha value is 0.725. The zero-order chi connectivity index (χ0) is 45.2. The predicted molar refractivity (Wildman–Crippen MR) is 247 cm³/mol. The van der Waals surface area contributed by atoms with Gasteiger partial charge in [0, 0.05) is 49.4 Å². The van der Waals surface area contributed by atoms with Gasteiger partial charge >= 0.3 is 76.9 Å². The molecule has 0 aliphatic carbocycles. The second kappa shape index (κ2) is 20.7. The molecule has 60 heavy (non-hydrogen) atoms. The van der Waals surface area contributed by atoms with Gasteiger partial charge in [0.2, 0.25) is 0 Å². The van der Waals surface area contributed by atoms with Gasteiger partial charge in [-0.1, -0.05) is 104 Å². The van der Waals surface area contributed by atoms with Gasteiger partial charge in [0.15, 0.2) is 0 Å². The molecule has 1 radical (unpaired) electrons. The summed E-state index contributed by atoms with van der Waals surface area (Å²) in [6.07, 6.45) is 1.18. The highest BCUT2D eigenvalue weighted by atomic mass is 28.6. The smallest absolute Gasteiger partial charge is 0.465 e. The Morgan fingerprint density at radius 3 is 1.10 bits per heavy atom. The fraction of sp³-hybridized carbons (Fsp3) is 0.974. The summed E-state index contributed by atoms with van der Waals surface area (Å²) < 4.78 is 97.6. The first-order chi connectivity index (χ1) is 27.6. The number of rotatable bonds is 21. The van der Waals surface area contributed by atoms with Crippen LogP contribution in [0.1, 0.15) is 131 Å². The van der Waals surface area contributed by atoms with Gasteiger partial charge < -0.3 is 54.4 Å². The number of hydrogen-bond acceptors (Lipinski definition) is 14. The Balaban J connectivity index is 2.12. The minimum absolute atomic E-state index is 0.0763. The van der Waals surface area contributed by atoms with Gasteiger partial charge in [-0.25, -0.2) is 0 Å². The molecule has 0 N–H and O–H groups in total. The molecule has 0 amide bonds. The molecule has 351 valence electrons. The van der Waals surface area contributed by atoms with Crippen molar-refractivity contribution in [1.29, 1.82) is 0 Å². The van der Waals surface area contributed by atoms with Crippen molar-refractivity contribution in [3.8, 4) is 0 Å². The van der Waals surface area contributed by atoms with Crippen LogP contribution in [0, 0.1) is 46.8 Å². The second-order valence-corrected chi connectivity index (χ2v) is 44.2. The lowest BCUT2D eigenvalue weighted by molar-refractivity contribution is -0.154. The molecule has 0 aromatic heterocycles. The van der Waals surface area contributed by atoms with Crippen LogP contribution in [0.15, 0.2) is 0 Å². The van der Waals surface area contributed by atoms with Crippen molar-refractivity contribution in [3.63, 3.8) is 0 Å². The highest BCUT2D eigenvalue weighted by Gasteiger charge is 2.79. The summed E-state index contributed by atoms with van der Waals surface area (Å²) in [5, 5.41) is 0. The van der Waals surface area contributed by atoms with Crippen LogP contribution < -0.4 is 0 Å². The van der Waals surface area contributed by atoms with Crippen LogP contribution in [-0.2, 0) is 59.2 Å². The highest BCUT2D eigenvalue weighted by Crippen LogP contribution is 2.52. The lowest BCUT2D eigenvalue weighted by Gasteiger charge is -2.60. The summed E-state index contributed by atoms with van der Waals surface area (Å²) >= 11 is 0. The van der Waals surface area contributed by atoms with Crippen molar-refractivity contribution in [2.45, 2.75) is 179 Å². The van der Waals surface area contributed by atoms with Crippen molar-refractivity contribution < 1.29 is 59.2 Å². The van der Waals surface area contributed by atoms with Gasteiger partial charge in [-0.2, -0.15) is 0 Å². The van der Waals surface area contributed by atoms with Crippen LogP contribution >= 0.6 is 0 Å². The second-order valence-electron chi connectivity index (χ2n) is 21.1. The van der Waals surface area contributed by atoms with Gasteiger partial charge in [-0.15, -0.1) is 0 Å². The van der Waals surface area contributed by atoms with E-state index in [-0.39, 0.29) is 54.0 Å². The summed E-state index contributed by atoms with van der Waals surface area (Å²) in [7, 11) is -28.3. The highest BCUT2D eigenvalue weighted by molar-refractivity contribution is 7.00. The number of fused-ring (bicyclic) bond motifs is 4. The summed E-state index contributed by atoms with van der Waals surface area (Å²) in [5.74, 6) is 0.415. The van der Waals surface area contributed by atoms with Crippen LogP contribution in [0.4, 0.5) is 0 Å². The van der Waals surface area contributed by atoms with Gasteiger partial charge in [0.25, 0.3) is 0 Å². The fourth-order valence-corrected chi connectivity index (χ4v) is 54.6. The first-order valence-corrected chi connectivity index (χ1v) is 37.9. The van der Waals surface area contributed by atoms with Crippen LogP contribution in [0.25, 0.3) is 0 Å². The van der Waals surface area contributed by atoms with Crippen molar-refractivity contribution in [2.24, 2.45) is 46.8 Å². The van der Waals surface area contributed by atoms with Crippen LogP contribution in [0.2, 0.25) is 48.4 Å². The third-order valence-electron chi connectivity index (χ3n) is 10.5. The van der Waals surface area contributed by atoms with Gasteiger partial charge in [-0.3, -0.25) is 4.79 Å². The molecule has 4 atom stereocenters. The third-order valence-corrected chi connectivity index (χ3v) is 47.8. The van der Waals surface area contributed by atoms with Gasteiger partial charge in [0.05, 0.1) is 12.0 Å². The molecule has 4 rings (SSSR count). The zero-order valence-corrected chi connectivity index (χ0v) is 48.5. The number of carbonyl (C=O) groups excluding carboxylic acids is 1. The first-order valence-electron chi connectivity index (χ1n) is 22.9. The SMILES string of the molecule is CCC(C)(C)C(=O)OCCC[Si]1O[Si]2(CC(C)C)O[Si]3(CC(C)C)O[Si](CC(C)C)(OC)O[Si]4(CC(C)C)O[Si](CC(C)C)(O1)O[Si](CC(C)C)(O2)O[Si](CC(C)C)(O3)O4. The summed E-state index contributed by atoms with van der Waals surface area (Å²) in [4.78, 5) is 13.1. The quantitative estimate of drug-likeness (QED) is 0.0613. The predicted octanol–water partition coefficient (Wildman–Crippen LogP) is 9.89. The molecule has 0 aromatic rings. The van der Waals surface area contributed by atoms with Gasteiger partial charge in [-0.05, 0) is 74.2 Å². The molecule has 6 bridgehead atoms. The lowest BCUT2D eigenvalue weighted by atomic mass is 9.91. The van der Waals surface area contributed by atoms with E-state index in [0.29, 0.717) is 61.2 Å². The molecule has 4 unspecified atom stereocenters. The molecule has 0 saturated carbocycles. The molecule has 4 heterocycles. The zero-order valence-electron chi connectivity index (χ0n) is 40.5. The Labute approximate surface area is 373 Å². The Kier molecular flexibility index (Phi) is 18.4. The maximum Gasteiger partial charge on any atom is 0.486 e. The molecule has 4 aliphatic heterocycles. The minimum Gasteiger partial charge on any atom is -0.465 e. The molecular weight excluding hydrogens is 905 g/mol. The first kappa shape index (κ1) is 53.3. The van der Waals surface area contributed by atoms with Crippen molar-refractivity contribution in [3.05, 3.63) is 0 Å². The summed E-state index contributed by atoms with van der Waals surface area (Å²) in [6.45, 7) is 36.1. The van der Waals surface area contributed by atoms with E-state index in [1.54, 1.807) is 7.11 Å². The lowest BCUT2D eigenvalue weighted by Crippen LogP contribution is -2.84. The number of ether oxygens (including phenoxy) is 1. The normalized spacial score (nSPS) is 35.4. The van der Waals surface area contributed by atoms with E-state index in [1.807, 2.05) is 20.8 Å². The van der Waals surface area contributed by atoms with E-state index in [9.17, 15) is 4.79 Å². The maximum absolute atomic E-state index is 13.1. The summed E-state index contributed by atoms with van der Waals surface area (Å²) in [5.41, 5.74) is -0.581. The molecule has 22 heteroatoms. The Morgan fingerprint density at radius 1 is 0.500 bits per heavy atom. The van der Waals surface area contributed by atoms with E-state index in [1.165, 1.54) is 0 Å². The average Bonchev–Trinajstić information content (AvgIpc) is 3.01. The van der Waals surface area contributed by atoms with Crippen molar-refractivity contribution >= 4 is 76.9 Å². The van der Waals surface area contributed by atoms with E-state index < -0.39 is 76.3 Å². The number of carbonyl (C=O) groups is 1. The fourth-order valence-electron chi connectivity index (χ4n) is 8.22. The van der Waals surface area contributed by atoms with E-state index in [4.69, 9.17) is 54.4 Å². The van der Waals surface area contributed by atoms with Crippen LogP contribution in [-0.4, -0.2) is 90.6 Å². The van der Waals surface area contributed by atoms with E-state index in [2.05, 4.69) is 96.9 Å². The molecule has 0 aromatic carbocycles. The largest absolute Gasteiger partial charge is 0.486 e. The molecular formula is C38H83O14Si8. The minimum atomic E-state index is -4.02. The van der Waals surface area contributed by atoms with Crippen LogP contribution in [0.3, 0.4) is 0 Å². The molecule has 4 fully saturated rings. The van der Waals surface area contributed by atoms with Crippen molar-refractivity contribution in [1.82, 2.24) is 0 Å². The van der Waals surface area contributed by atoms with Crippen molar-refractivity contribution in [2.75, 3.05) is 13.7 Å². The molecule has 4 aliphatic rings. The van der Waals surface area contributed by atoms with E-state index >= 15 is 0 Å². The Morgan fingerprint density at radius 2 is 0.800 bits per heavy atom. The van der Waals surface area contributed by atoms with Crippen LogP contribution in [0.5, 0.6) is 0 Å². The molecule has 4 saturated heterocycles. The third kappa shape index (κ3) is 13.9. The maximum atomic E-state index is 13.1.